The molecule has 0 unspecified atom stereocenters. The van der Waals surface area contributed by atoms with E-state index in [0.29, 0.717) is 17.1 Å². The van der Waals surface area contributed by atoms with Crippen molar-refractivity contribution < 1.29 is 19.1 Å². The number of anilines is 2. The van der Waals surface area contributed by atoms with Crippen molar-refractivity contribution in [3.8, 4) is 11.8 Å². The normalized spacial score (nSPS) is 11.2. The molecule has 10 nitrogen and oxygen atoms in total. The first-order valence-corrected chi connectivity index (χ1v) is 10.4. The highest BCUT2D eigenvalue weighted by Crippen LogP contribution is 2.16. The maximum absolute atomic E-state index is 12.9. The number of carbonyl (C=O) groups excluding carboxylic acids is 3. The van der Waals surface area contributed by atoms with Crippen molar-refractivity contribution >= 4 is 29.2 Å². The highest BCUT2D eigenvalue weighted by Gasteiger charge is 2.23. The van der Waals surface area contributed by atoms with Gasteiger partial charge in [-0.3, -0.25) is 19.1 Å². The maximum Gasteiger partial charge on any atom is 0.338 e. The summed E-state index contributed by atoms with van der Waals surface area (Å²) in [4.78, 5) is 49.5. The molecule has 1 atom stereocenters. The zero-order valence-corrected chi connectivity index (χ0v) is 18.9. The second-order valence-electron chi connectivity index (χ2n) is 7.43. The van der Waals surface area contributed by atoms with Gasteiger partial charge in [-0.2, -0.15) is 5.26 Å². The van der Waals surface area contributed by atoms with Crippen molar-refractivity contribution in [2.24, 2.45) is 7.05 Å². The molecule has 0 fully saturated rings. The molecule has 0 saturated carbocycles. The first-order chi connectivity index (χ1) is 16.2. The second-order valence-corrected chi connectivity index (χ2v) is 7.43. The number of benzene rings is 2. The molecule has 3 rings (SSSR count). The van der Waals surface area contributed by atoms with E-state index in [-0.39, 0.29) is 17.7 Å². The lowest BCUT2D eigenvalue weighted by Gasteiger charge is -2.13. The number of rotatable bonds is 7. The average molecular weight is 461 g/mol. The zero-order chi connectivity index (χ0) is 24.8. The van der Waals surface area contributed by atoms with Crippen molar-refractivity contribution in [1.29, 1.82) is 5.26 Å². The van der Waals surface area contributed by atoms with Crippen LogP contribution in [0.25, 0.3) is 5.69 Å². The summed E-state index contributed by atoms with van der Waals surface area (Å²) in [5, 5.41) is 13.6. The van der Waals surface area contributed by atoms with Crippen molar-refractivity contribution in [2.75, 3.05) is 10.6 Å². The molecule has 0 spiro atoms. The molecule has 2 aromatic carbocycles. The van der Waals surface area contributed by atoms with Gasteiger partial charge in [0.2, 0.25) is 5.91 Å². The number of hydrogen-bond donors (Lipinski definition) is 2. The SMILES string of the molecule is Cc1c(NC(=O)[C@H](C)OC(=O)c2ccc(NC(=O)CC#N)cc2)c(=O)n(-c2ccccc2)n1C. The Balaban J connectivity index is 1.68. The van der Waals surface area contributed by atoms with Crippen LogP contribution in [0, 0.1) is 18.3 Å². The summed E-state index contributed by atoms with van der Waals surface area (Å²) in [5.74, 6) is -1.87. The topological polar surface area (TPSA) is 135 Å². The second kappa shape index (κ2) is 10.3. The van der Waals surface area contributed by atoms with Crippen LogP contribution in [-0.4, -0.2) is 33.3 Å². The van der Waals surface area contributed by atoms with Gasteiger partial charge >= 0.3 is 5.97 Å². The molecular weight excluding hydrogens is 438 g/mol. The molecular formula is C24H23N5O5. The van der Waals surface area contributed by atoms with Crippen molar-refractivity contribution in [3.63, 3.8) is 0 Å². The van der Waals surface area contributed by atoms with E-state index in [1.165, 1.54) is 35.9 Å². The summed E-state index contributed by atoms with van der Waals surface area (Å²) in [5.41, 5.74) is 1.45. The molecule has 2 amide bonds. The fraction of sp³-hybridized carbons (Fsp3) is 0.208. The Labute approximate surface area is 195 Å². The molecule has 0 aliphatic carbocycles. The van der Waals surface area contributed by atoms with Gasteiger partial charge in [0.15, 0.2) is 6.10 Å². The third-order valence-electron chi connectivity index (χ3n) is 5.10. The minimum absolute atomic E-state index is 0.0942. The van der Waals surface area contributed by atoms with E-state index in [4.69, 9.17) is 10.00 Å². The van der Waals surface area contributed by atoms with Crippen molar-refractivity contribution in [2.45, 2.75) is 26.4 Å². The number of amides is 2. The first kappa shape index (κ1) is 24.0. The predicted octanol–water partition coefficient (Wildman–Crippen LogP) is 2.52. The standard InChI is InChI=1S/C24H23N5O5/c1-15-21(23(32)29(28(15)3)19-7-5-4-6-8-19)27-22(31)16(2)34-24(33)17-9-11-18(12-10-17)26-20(30)13-14-25/h4-12,16H,13H2,1-3H3,(H,26,30)(H,27,31)/t16-/m0/s1. The summed E-state index contributed by atoms with van der Waals surface area (Å²) in [7, 11) is 1.70. The van der Waals surface area contributed by atoms with E-state index in [2.05, 4.69) is 10.6 Å². The Morgan fingerprint density at radius 1 is 1.06 bits per heavy atom. The molecule has 3 aromatic rings. The minimum Gasteiger partial charge on any atom is -0.449 e. The van der Waals surface area contributed by atoms with Gasteiger partial charge in [-0.15, -0.1) is 0 Å². The summed E-state index contributed by atoms with van der Waals surface area (Å²) < 4.78 is 8.29. The van der Waals surface area contributed by atoms with Gasteiger partial charge in [0, 0.05) is 12.7 Å². The molecule has 174 valence electrons. The van der Waals surface area contributed by atoms with Crippen LogP contribution in [0.5, 0.6) is 0 Å². The predicted molar refractivity (Wildman–Crippen MR) is 125 cm³/mol. The maximum atomic E-state index is 12.9. The van der Waals surface area contributed by atoms with E-state index in [9.17, 15) is 19.2 Å². The highest BCUT2D eigenvalue weighted by atomic mass is 16.5. The van der Waals surface area contributed by atoms with Crippen LogP contribution in [0.2, 0.25) is 0 Å². The molecule has 34 heavy (non-hydrogen) atoms. The van der Waals surface area contributed by atoms with E-state index >= 15 is 0 Å². The number of esters is 1. The van der Waals surface area contributed by atoms with Crippen molar-refractivity contribution in [3.05, 3.63) is 76.2 Å². The number of nitriles is 1. The molecule has 1 aromatic heterocycles. The first-order valence-electron chi connectivity index (χ1n) is 10.4. The van der Waals surface area contributed by atoms with E-state index < -0.39 is 29.4 Å². The summed E-state index contributed by atoms with van der Waals surface area (Å²) in [6.45, 7) is 3.10. The molecule has 0 radical (unpaired) electrons. The van der Waals surface area contributed by atoms with Crippen LogP contribution in [-0.2, 0) is 21.4 Å². The lowest BCUT2D eigenvalue weighted by Crippen LogP contribution is -2.32. The summed E-state index contributed by atoms with van der Waals surface area (Å²) in [6, 6.07) is 16.5. The summed E-state index contributed by atoms with van der Waals surface area (Å²) in [6.07, 6.45) is -1.46. The molecule has 10 heteroatoms. The third kappa shape index (κ3) is 5.21. The number of hydrogen-bond acceptors (Lipinski definition) is 6. The third-order valence-corrected chi connectivity index (χ3v) is 5.10. The van der Waals surface area contributed by atoms with Crippen LogP contribution in [0.3, 0.4) is 0 Å². The number of ether oxygens (including phenoxy) is 1. The summed E-state index contributed by atoms with van der Waals surface area (Å²) >= 11 is 0. The number of nitrogens with zero attached hydrogens (tertiary/aromatic N) is 3. The van der Waals surface area contributed by atoms with E-state index in [0.717, 1.165) is 0 Å². The Hall–Kier alpha value is -4.65. The molecule has 0 aliphatic heterocycles. The smallest absolute Gasteiger partial charge is 0.338 e. The van der Waals surface area contributed by atoms with Gasteiger partial charge in [-0.1, -0.05) is 18.2 Å². The largest absolute Gasteiger partial charge is 0.449 e. The van der Waals surface area contributed by atoms with E-state index in [1.54, 1.807) is 49.0 Å². The van der Waals surface area contributed by atoms with Crippen LogP contribution in [0.15, 0.2) is 59.4 Å². The molecule has 0 saturated heterocycles. The lowest BCUT2D eigenvalue weighted by atomic mass is 10.2. The van der Waals surface area contributed by atoms with Crippen LogP contribution in [0.1, 0.15) is 29.4 Å². The number of carbonyl (C=O) groups is 3. The highest BCUT2D eigenvalue weighted by molar-refractivity contribution is 5.98. The van der Waals surface area contributed by atoms with Gasteiger partial charge in [0.1, 0.15) is 12.1 Å². The Kier molecular flexibility index (Phi) is 7.28. The van der Waals surface area contributed by atoms with Crippen LogP contribution in [0.4, 0.5) is 11.4 Å². The average Bonchev–Trinajstić information content (AvgIpc) is 3.03. The van der Waals surface area contributed by atoms with Gasteiger partial charge < -0.3 is 15.4 Å². The van der Waals surface area contributed by atoms with Gasteiger partial charge in [-0.05, 0) is 50.2 Å². The monoisotopic (exact) mass is 461 g/mol. The van der Waals surface area contributed by atoms with Crippen LogP contribution < -0.4 is 16.2 Å². The number of nitrogens with one attached hydrogen (secondary N) is 2. The quantitative estimate of drug-likeness (QED) is 0.519. The fourth-order valence-corrected chi connectivity index (χ4v) is 3.19. The van der Waals surface area contributed by atoms with Gasteiger partial charge in [0.25, 0.3) is 11.5 Å². The molecule has 2 N–H and O–H groups in total. The Bertz CT molecular complexity index is 1320. The molecule has 0 bridgehead atoms. The van der Waals surface area contributed by atoms with E-state index in [1.807, 2.05) is 6.07 Å². The Morgan fingerprint density at radius 2 is 1.71 bits per heavy atom. The zero-order valence-electron chi connectivity index (χ0n) is 18.9. The molecule has 0 aliphatic rings. The van der Waals surface area contributed by atoms with Crippen molar-refractivity contribution in [1.82, 2.24) is 9.36 Å². The lowest BCUT2D eigenvalue weighted by molar-refractivity contribution is -0.123. The van der Waals surface area contributed by atoms with Crippen LogP contribution >= 0.6 is 0 Å². The number of aromatic nitrogens is 2. The minimum atomic E-state index is -1.17. The van der Waals surface area contributed by atoms with Gasteiger partial charge in [-0.25, -0.2) is 9.48 Å². The fourth-order valence-electron chi connectivity index (χ4n) is 3.19. The molecule has 1 heterocycles. The van der Waals surface area contributed by atoms with Gasteiger partial charge in [0.05, 0.1) is 23.0 Å². The number of para-hydroxylation sites is 1. The Morgan fingerprint density at radius 3 is 2.32 bits per heavy atom.